The van der Waals surface area contributed by atoms with Crippen molar-refractivity contribution >= 4 is 17.7 Å². The Bertz CT molecular complexity index is 800. The molecule has 1 heterocycles. The van der Waals surface area contributed by atoms with E-state index in [1.807, 2.05) is 43.5 Å². The average molecular weight is 430 g/mol. The van der Waals surface area contributed by atoms with Crippen molar-refractivity contribution in [3.8, 4) is 17.2 Å². The van der Waals surface area contributed by atoms with Crippen molar-refractivity contribution in [3.05, 3.63) is 53.6 Å². The summed E-state index contributed by atoms with van der Waals surface area (Å²) in [5.41, 5.74) is 1.91. The fraction of sp³-hybridized carbons (Fsp3) is 0.458. The van der Waals surface area contributed by atoms with Gasteiger partial charge >= 0.3 is 0 Å². The summed E-state index contributed by atoms with van der Waals surface area (Å²) in [6, 6.07) is 14.1. The molecule has 1 fully saturated rings. The number of benzene rings is 2. The molecule has 0 radical (unpaired) electrons. The first-order chi connectivity index (χ1) is 14.7. The van der Waals surface area contributed by atoms with Crippen LogP contribution in [0.2, 0.25) is 0 Å². The normalized spacial score (nSPS) is 16.6. The van der Waals surface area contributed by atoms with Gasteiger partial charge < -0.3 is 19.1 Å². The van der Waals surface area contributed by atoms with Crippen LogP contribution in [-0.2, 0) is 0 Å². The number of ether oxygens (including phenoxy) is 3. The molecule has 6 heteroatoms. The van der Waals surface area contributed by atoms with Gasteiger partial charge in [0, 0.05) is 29.7 Å². The molecule has 0 saturated carbocycles. The predicted molar refractivity (Wildman–Crippen MR) is 122 cm³/mol. The topological polar surface area (TPSA) is 48.0 Å². The van der Waals surface area contributed by atoms with Crippen LogP contribution in [0.1, 0.15) is 48.4 Å². The zero-order valence-electron chi connectivity index (χ0n) is 18.1. The Morgan fingerprint density at radius 2 is 1.60 bits per heavy atom. The van der Waals surface area contributed by atoms with Crippen LogP contribution in [0.5, 0.6) is 17.2 Å². The zero-order chi connectivity index (χ0) is 21.3. The molecule has 30 heavy (non-hydrogen) atoms. The van der Waals surface area contributed by atoms with Crippen molar-refractivity contribution in [2.45, 2.75) is 32.4 Å². The third-order valence-electron chi connectivity index (χ3n) is 4.96. The first-order valence-corrected chi connectivity index (χ1v) is 11.7. The zero-order valence-corrected chi connectivity index (χ0v) is 18.9. The molecule has 5 nitrogen and oxygen atoms in total. The Morgan fingerprint density at radius 1 is 0.967 bits per heavy atom. The minimum Gasteiger partial charge on any atom is -0.490 e. The fourth-order valence-corrected chi connectivity index (χ4v) is 4.83. The van der Waals surface area contributed by atoms with Gasteiger partial charge in [0.2, 0.25) is 5.75 Å². The van der Waals surface area contributed by atoms with Crippen LogP contribution < -0.4 is 14.2 Å². The number of carbonyl (C=O) groups excluding carboxylic acids is 1. The number of carbonyl (C=O) groups is 1. The summed E-state index contributed by atoms with van der Waals surface area (Å²) in [5.74, 6) is 2.60. The highest BCUT2D eigenvalue weighted by atomic mass is 32.2. The Hall–Kier alpha value is -2.34. The van der Waals surface area contributed by atoms with E-state index in [0.717, 1.165) is 25.3 Å². The van der Waals surface area contributed by atoms with Crippen LogP contribution in [0.15, 0.2) is 42.5 Å². The van der Waals surface area contributed by atoms with Crippen molar-refractivity contribution in [1.29, 1.82) is 0 Å². The molecule has 162 valence electrons. The van der Waals surface area contributed by atoms with Gasteiger partial charge in [-0.1, -0.05) is 30.3 Å². The molecular formula is C24H31NO4S. The van der Waals surface area contributed by atoms with Gasteiger partial charge in [-0.3, -0.25) is 4.79 Å². The van der Waals surface area contributed by atoms with Gasteiger partial charge in [-0.15, -0.1) is 0 Å². The third kappa shape index (κ3) is 5.42. The van der Waals surface area contributed by atoms with E-state index in [9.17, 15) is 4.79 Å². The molecule has 0 spiro atoms. The average Bonchev–Trinajstić information content (AvgIpc) is 3.02. The predicted octanol–water partition coefficient (Wildman–Crippen LogP) is 5.20. The monoisotopic (exact) mass is 429 g/mol. The summed E-state index contributed by atoms with van der Waals surface area (Å²) in [7, 11) is 0. The summed E-state index contributed by atoms with van der Waals surface area (Å²) >= 11 is 1.92. The molecule has 1 aliphatic heterocycles. The van der Waals surface area contributed by atoms with Crippen molar-refractivity contribution < 1.29 is 19.0 Å². The Labute approximate surface area is 183 Å². The maximum absolute atomic E-state index is 13.3. The SMILES string of the molecule is CCOc1cc(C(=O)N2CCSC(c3ccccc3)CC2)cc(OCC)c1OCC. The highest BCUT2D eigenvalue weighted by Gasteiger charge is 2.25. The van der Waals surface area contributed by atoms with Gasteiger partial charge in [0.25, 0.3) is 5.91 Å². The van der Waals surface area contributed by atoms with E-state index in [1.165, 1.54) is 5.56 Å². The number of hydrogen-bond donors (Lipinski definition) is 0. The van der Waals surface area contributed by atoms with Crippen LogP contribution in [0.3, 0.4) is 0 Å². The highest BCUT2D eigenvalue weighted by Crippen LogP contribution is 2.40. The Balaban J connectivity index is 1.81. The molecule has 0 aliphatic carbocycles. The van der Waals surface area contributed by atoms with Crippen molar-refractivity contribution in [3.63, 3.8) is 0 Å². The van der Waals surface area contributed by atoms with Crippen LogP contribution in [-0.4, -0.2) is 49.5 Å². The molecule has 1 unspecified atom stereocenters. The van der Waals surface area contributed by atoms with Crippen LogP contribution in [0, 0.1) is 0 Å². The second-order valence-corrected chi connectivity index (χ2v) is 8.26. The molecule has 0 N–H and O–H groups in total. The summed E-state index contributed by atoms with van der Waals surface area (Å²) < 4.78 is 17.3. The number of nitrogens with zero attached hydrogens (tertiary/aromatic N) is 1. The highest BCUT2D eigenvalue weighted by molar-refractivity contribution is 7.99. The Morgan fingerprint density at radius 3 is 2.20 bits per heavy atom. The van der Waals surface area contributed by atoms with E-state index in [-0.39, 0.29) is 5.91 Å². The molecule has 2 aromatic rings. The largest absolute Gasteiger partial charge is 0.490 e. The fourth-order valence-electron chi connectivity index (χ4n) is 3.60. The molecule has 0 bridgehead atoms. The number of amides is 1. The quantitative estimate of drug-likeness (QED) is 0.577. The third-order valence-corrected chi connectivity index (χ3v) is 6.28. The first-order valence-electron chi connectivity index (χ1n) is 10.7. The van der Waals surface area contributed by atoms with E-state index in [4.69, 9.17) is 14.2 Å². The van der Waals surface area contributed by atoms with Crippen molar-refractivity contribution in [1.82, 2.24) is 4.90 Å². The second-order valence-electron chi connectivity index (χ2n) is 6.95. The minimum absolute atomic E-state index is 0.00858. The van der Waals surface area contributed by atoms with Gasteiger partial charge in [-0.25, -0.2) is 0 Å². The van der Waals surface area contributed by atoms with Gasteiger partial charge in [0.15, 0.2) is 11.5 Å². The van der Waals surface area contributed by atoms with Gasteiger partial charge in [0.1, 0.15) is 0 Å². The lowest BCUT2D eigenvalue weighted by molar-refractivity contribution is 0.0765. The first kappa shape index (κ1) is 22.3. The lowest BCUT2D eigenvalue weighted by atomic mass is 10.1. The molecule has 1 atom stereocenters. The molecular weight excluding hydrogens is 398 g/mol. The van der Waals surface area contributed by atoms with Crippen molar-refractivity contribution in [2.24, 2.45) is 0 Å². The standard InChI is InChI=1S/C24H31NO4S/c1-4-27-20-16-19(17-21(28-5-2)23(20)29-6-3)24(26)25-13-12-22(30-15-14-25)18-10-8-7-9-11-18/h7-11,16-17,22H,4-6,12-15H2,1-3H3. The molecule has 3 rings (SSSR count). The molecule has 2 aromatic carbocycles. The van der Waals surface area contributed by atoms with Gasteiger partial charge in [-0.05, 0) is 44.9 Å². The maximum atomic E-state index is 13.3. The van der Waals surface area contributed by atoms with E-state index >= 15 is 0 Å². The minimum atomic E-state index is 0.00858. The van der Waals surface area contributed by atoms with E-state index in [2.05, 4.69) is 24.3 Å². The van der Waals surface area contributed by atoms with Crippen LogP contribution in [0.4, 0.5) is 0 Å². The molecule has 1 saturated heterocycles. The van der Waals surface area contributed by atoms with Crippen LogP contribution in [0.25, 0.3) is 0 Å². The number of hydrogen-bond acceptors (Lipinski definition) is 5. The lowest BCUT2D eigenvalue weighted by Crippen LogP contribution is -2.33. The van der Waals surface area contributed by atoms with E-state index < -0.39 is 0 Å². The Kier molecular flexibility index (Phi) is 8.31. The van der Waals surface area contributed by atoms with E-state index in [0.29, 0.717) is 47.9 Å². The summed E-state index contributed by atoms with van der Waals surface area (Å²) in [6.45, 7) is 8.69. The van der Waals surface area contributed by atoms with Crippen molar-refractivity contribution in [2.75, 3.05) is 38.7 Å². The number of thioether (sulfide) groups is 1. The second kappa shape index (κ2) is 11.2. The molecule has 0 aromatic heterocycles. The molecule has 1 amide bonds. The van der Waals surface area contributed by atoms with Crippen LogP contribution >= 0.6 is 11.8 Å². The number of rotatable bonds is 8. The van der Waals surface area contributed by atoms with E-state index in [1.54, 1.807) is 12.1 Å². The molecule has 1 aliphatic rings. The summed E-state index contributed by atoms with van der Waals surface area (Å²) in [5, 5.41) is 0.419. The maximum Gasteiger partial charge on any atom is 0.254 e. The van der Waals surface area contributed by atoms with Gasteiger partial charge in [0.05, 0.1) is 19.8 Å². The lowest BCUT2D eigenvalue weighted by Gasteiger charge is -2.22. The summed E-state index contributed by atoms with van der Waals surface area (Å²) in [4.78, 5) is 15.3. The van der Waals surface area contributed by atoms with Gasteiger partial charge in [-0.2, -0.15) is 11.8 Å². The smallest absolute Gasteiger partial charge is 0.254 e. The summed E-state index contributed by atoms with van der Waals surface area (Å²) in [6.07, 6.45) is 0.939.